The van der Waals surface area contributed by atoms with Crippen LogP contribution in [0.3, 0.4) is 0 Å². The summed E-state index contributed by atoms with van der Waals surface area (Å²) in [7, 11) is 0. The third kappa shape index (κ3) is 2.92. The minimum Gasteiger partial charge on any atom is -0.349 e. The van der Waals surface area contributed by atoms with E-state index in [1.807, 2.05) is 0 Å². The van der Waals surface area contributed by atoms with Crippen LogP contribution in [0.5, 0.6) is 0 Å². The van der Waals surface area contributed by atoms with Crippen molar-refractivity contribution in [2.75, 3.05) is 10.2 Å². The highest BCUT2D eigenvalue weighted by atomic mass is 79.9. The molecule has 0 atom stereocenters. The minimum absolute atomic E-state index is 0.0611. The first kappa shape index (κ1) is 17.0. The number of halogens is 4. The number of para-hydroxylation sites is 1. The lowest BCUT2D eigenvalue weighted by atomic mass is 10.2. The van der Waals surface area contributed by atoms with Gasteiger partial charge in [-0.3, -0.25) is 9.59 Å². The van der Waals surface area contributed by atoms with E-state index in [0.717, 1.165) is 11.0 Å². The number of benzene rings is 2. The molecule has 0 fully saturated rings. The van der Waals surface area contributed by atoms with Gasteiger partial charge in [-0.05, 0) is 46.3 Å². The first-order chi connectivity index (χ1) is 11.4. The molecule has 1 heterocycles. The van der Waals surface area contributed by atoms with E-state index >= 15 is 0 Å². The maximum Gasteiger partial charge on any atom is 0.283 e. The summed E-state index contributed by atoms with van der Waals surface area (Å²) in [5, 5.41) is 2.40. The van der Waals surface area contributed by atoms with Crippen LogP contribution in [-0.4, -0.2) is 11.8 Å². The fourth-order valence-electron chi connectivity index (χ4n) is 2.17. The molecule has 0 saturated carbocycles. The predicted octanol–water partition coefficient (Wildman–Crippen LogP) is 4.68. The molecule has 1 aliphatic heterocycles. The molecule has 24 heavy (non-hydrogen) atoms. The monoisotopic (exact) mass is 428 g/mol. The zero-order valence-corrected chi connectivity index (χ0v) is 14.9. The molecule has 2 amide bonds. The number of anilines is 2. The average Bonchev–Trinajstić information content (AvgIpc) is 2.76. The molecule has 8 heteroatoms. The van der Waals surface area contributed by atoms with Gasteiger partial charge in [-0.25, -0.2) is 9.29 Å². The van der Waals surface area contributed by atoms with Crippen LogP contribution in [0, 0.1) is 5.82 Å². The van der Waals surface area contributed by atoms with Crippen LogP contribution in [0.25, 0.3) is 0 Å². The third-order valence-electron chi connectivity index (χ3n) is 3.32. The van der Waals surface area contributed by atoms with Crippen molar-refractivity contribution < 1.29 is 14.0 Å². The number of imide groups is 1. The number of hydrogen-bond donors (Lipinski definition) is 1. The first-order valence-corrected chi connectivity index (χ1v) is 8.20. The Morgan fingerprint density at radius 3 is 2.42 bits per heavy atom. The van der Waals surface area contributed by atoms with Crippen molar-refractivity contribution in [3.63, 3.8) is 0 Å². The Morgan fingerprint density at radius 2 is 1.75 bits per heavy atom. The molecular weight excluding hydrogens is 422 g/mol. The van der Waals surface area contributed by atoms with Gasteiger partial charge in [0.1, 0.15) is 16.5 Å². The molecule has 4 nitrogen and oxygen atoms in total. The third-order valence-corrected chi connectivity index (χ3v) is 4.65. The average molecular weight is 430 g/mol. The van der Waals surface area contributed by atoms with Crippen molar-refractivity contribution in [3.8, 4) is 0 Å². The summed E-state index contributed by atoms with van der Waals surface area (Å²) in [5.41, 5.74) is 0.651. The second kappa shape index (κ2) is 6.55. The van der Waals surface area contributed by atoms with Crippen molar-refractivity contribution in [3.05, 3.63) is 68.5 Å². The number of carbonyl (C=O) groups excluding carboxylic acids is 2. The van der Waals surface area contributed by atoms with Gasteiger partial charge in [0.05, 0.1) is 16.4 Å². The summed E-state index contributed by atoms with van der Waals surface area (Å²) in [4.78, 5) is 25.8. The van der Waals surface area contributed by atoms with Crippen molar-refractivity contribution in [2.45, 2.75) is 0 Å². The van der Waals surface area contributed by atoms with Crippen LogP contribution < -0.4 is 10.2 Å². The van der Waals surface area contributed by atoms with Crippen LogP contribution in [0.15, 0.2) is 57.7 Å². The van der Waals surface area contributed by atoms with E-state index in [0.29, 0.717) is 10.2 Å². The van der Waals surface area contributed by atoms with E-state index in [2.05, 4.69) is 21.2 Å². The highest BCUT2D eigenvalue weighted by Crippen LogP contribution is 2.33. The molecule has 0 bridgehead atoms. The zero-order valence-electron chi connectivity index (χ0n) is 11.8. The number of hydrogen-bond acceptors (Lipinski definition) is 3. The summed E-state index contributed by atoms with van der Waals surface area (Å²) in [6.45, 7) is 0. The van der Waals surface area contributed by atoms with Gasteiger partial charge in [-0.1, -0.05) is 35.3 Å². The van der Waals surface area contributed by atoms with E-state index < -0.39 is 17.6 Å². The van der Waals surface area contributed by atoms with Gasteiger partial charge in [-0.15, -0.1) is 0 Å². The SMILES string of the molecule is O=C1C(Cl)=C(Nc2ccccc2Br)C(=O)N1c1ccc(F)c(Cl)c1. The number of rotatable bonds is 3. The fourth-order valence-corrected chi connectivity index (χ4v) is 2.94. The number of nitrogens with zero attached hydrogens (tertiary/aromatic N) is 1. The summed E-state index contributed by atoms with van der Waals surface area (Å²) < 4.78 is 14.0. The molecule has 0 unspecified atom stereocenters. The van der Waals surface area contributed by atoms with Crippen LogP contribution in [-0.2, 0) is 9.59 Å². The second-order valence-corrected chi connectivity index (χ2v) is 6.48. The van der Waals surface area contributed by atoms with E-state index in [1.165, 1.54) is 12.1 Å². The van der Waals surface area contributed by atoms with Crippen molar-refractivity contribution in [1.82, 2.24) is 0 Å². The molecule has 122 valence electrons. The zero-order chi connectivity index (χ0) is 17.4. The molecule has 3 rings (SSSR count). The highest BCUT2D eigenvalue weighted by molar-refractivity contribution is 9.10. The Labute approximate surface area is 155 Å². The van der Waals surface area contributed by atoms with Crippen LogP contribution in [0.4, 0.5) is 15.8 Å². The Bertz CT molecular complexity index is 901. The van der Waals surface area contributed by atoms with Gasteiger partial charge >= 0.3 is 0 Å². The van der Waals surface area contributed by atoms with E-state index in [1.54, 1.807) is 24.3 Å². The predicted molar refractivity (Wildman–Crippen MR) is 94.5 cm³/mol. The summed E-state index contributed by atoms with van der Waals surface area (Å²) in [6.07, 6.45) is 0. The van der Waals surface area contributed by atoms with Crippen LogP contribution in [0.1, 0.15) is 0 Å². The Kier molecular flexibility index (Phi) is 4.62. The Morgan fingerprint density at radius 1 is 1.04 bits per heavy atom. The molecule has 0 spiro atoms. The van der Waals surface area contributed by atoms with Crippen LogP contribution >= 0.6 is 39.1 Å². The molecule has 0 saturated heterocycles. The lowest BCUT2D eigenvalue weighted by molar-refractivity contribution is -0.120. The maximum absolute atomic E-state index is 13.3. The molecule has 2 aromatic rings. The second-order valence-electron chi connectivity index (χ2n) is 4.84. The van der Waals surface area contributed by atoms with Crippen molar-refractivity contribution >= 4 is 62.3 Å². The molecule has 0 aliphatic carbocycles. The smallest absolute Gasteiger partial charge is 0.283 e. The standard InChI is InChI=1S/C16H8BrCl2FN2O2/c17-9-3-1-2-4-12(9)21-14-13(19)15(23)22(16(14)24)8-5-6-11(20)10(18)7-8/h1-7,21H. The number of carbonyl (C=O) groups is 2. The highest BCUT2D eigenvalue weighted by Gasteiger charge is 2.39. The lowest BCUT2D eigenvalue weighted by Gasteiger charge is -2.15. The fraction of sp³-hybridized carbons (Fsp3) is 0. The molecule has 1 N–H and O–H groups in total. The van der Waals surface area contributed by atoms with Gasteiger partial charge in [0.15, 0.2) is 0 Å². The largest absolute Gasteiger partial charge is 0.349 e. The number of nitrogens with one attached hydrogen (secondary N) is 1. The van der Waals surface area contributed by atoms with E-state index in [9.17, 15) is 14.0 Å². The normalized spacial score (nSPS) is 14.6. The van der Waals surface area contributed by atoms with Crippen LogP contribution in [0.2, 0.25) is 5.02 Å². The Balaban J connectivity index is 1.95. The topological polar surface area (TPSA) is 49.4 Å². The Hall–Kier alpha value is -1.89. The summed E-state index contributed by atoms with van der Waals surface area (Å²) in [5.74, 6) is -2.01. The minimum atomic E-state index is -0.709. The van der Waals surface area contributed by atoms with E-state index in [4.69, 9.17) is 23.2 Å². The molecule has 0 aromatic heterocycles. The van der Waals surface area contributed by atoms with Crippen molar-refractivity contribution in [1.29, 1.82) is 0 Å². The number of amides is 2. The molecule has 2 aromatic carbocycles. The maximum atomic E-state index is 13.3. The summed E-state index contributed by atoms with van der Waals surface area (Å²) >= 11 is 15.1. The molecule has 1 aliphatic rings. The van der Waals surface area contributed by atoms with Gasteiger partial charge in [-0.2, -0.15) is 0 Å². The van der Waals surface area contributed by atoms with E-state index in [-0.39, 0.29) is 21.4 Å². The van der Waals surface area contributed by atoms with Gasteiger partial charge < -0.3 is 5.32 Å². The molecular formula is C16H8BrCl2FN2O2. The first-order valence-electron chi connectivity index (χ1n) is 6.65. The van der Waals surface area contributed by atoms with Gasteiger partial charge in [0.2, 0.25) is 0 Å². The summed E-state index contributed by atoms with van der Waals surface area (Å²) in [6, 6.07) is 10.6. The van der Waals surface area contributed by atoms with Crippen molar-refractivity contribution in [2.24, 2.45) is 0 Å². The quantitative estimate of drug-likeness (QED) is 0.720. The van der Waals surface area contributed by atoms with Gasteiger partial charge in [0.25, 0.3) is 11.8 Å². The van der Waals surface area contributed by atoms with Gasteiger partial charge in [0, 0.05) is 4.47 Å². The lowest BCUT2D eigenvalue weighted by Crippen LogP contribution is -2.32. The molecule has 0 radical (unpaired) electrons.